The van der Waals surface area contributed by atoms with Crippen LogP contribution in [0.4, 0.5) is 14.7 Å². The molecule has 0 bridgehead atoms. The van der Waals surface area contributed by atoms with Gasteiger partial charge in [0, 0.05) is 19.6 Å². The molecule has 1 aliphatic rings. The highest BCUT2D eigenvalue weighted by atomic mass is 19.1. The molecule has 1 aliphatic heterocycles. The van der Waals surface area contributed by atoms with Crippen molar-refractivity contribution in [2.24, 2.45) is 0 Å². The van der Waals surface area contributed by atoms with Crippen molar-refractivity contribution in [2.45, 2.75) is 19.4 Å². The van der Waals surface area contributed by atoms with Gasteiger partial charge in [-0.3, -0.25) is 0 Å². The van der Waals surface area contributed by atoms with Crippen molar-refractivity contribution in [3.05, 3.63) is 47.7 Å². The summed E-state index contributed by atoms with van der Waals surface area (Å²) < 4.78 is 33.0. The lowest BCUT2D eigenvalue weighted by atomic mass is 10.1. The molecular weight excluding hydrogens is 314 g/mol. The molecule has 2 aromatic rings. The summed E-state index contributed by atoms with van der Waals surface area (Å²) in [5.74, 6) is -0.658. The van der Waals surface area contributed by atoms with Gasteiger partial charge in [-0.05, 0) is 37.6 Å². The third kappa shape index (κ3) is 3.97. The minimum Gasteiger partial charge on any atom is -0.468 e. The summed E-state index contributed by atoms with van der Waals surface area (Å²) in [5.41, 5.74) is 0.619. The fourth-order valence-corrected chi connectivity index (χ4v) is 2.62. The van der Waals surface area contributed by atoms with Crippen molar-refractivity contribution in [2.75, 3.05) is 31.1 Å². The molecule has 0 spiro atoms. The first-order valence-corrected chi connectivity index (χ1v) is 8.04. The number of rotatable bonds is 4. The average molecular weight is 334 g/mol. The van der Waals surface area contributed by atoms with Gasteiger partial charge in [0.1, 0.15) is 11.9 Å². The van der Waals surface area contributed by atoms with E-state index in [-0.39, 0.29) is 11.7 Å². The zero-order chi connectivity index (χ0) is 16.9. The maximum Gasteiger partial charge on any atom is 0.255 e. The normalized spacial score (nSPS) is 16.5. The summed E-state index contributed by atoms with van der Waals surface area (Å²) in [4.78, 5) is 10.3. The van der Waals surface area contributed by atoms with Gasteiger partial charge in [0.25, 0.3) is 5.88 Å². The number of benzene rings is 1. The first-order chi connectivity index (χ1) is 11.6. The molecule has 1 atom stereocenters. The van der Waals surface area contributed by atoms with E-state index >= 15 is 0 Å². The second-order valence-corrected chi connectivity index (χ2v) is 5.73. The second-order valence-electron chi connectivity index (χ2n) is 5.73. The van der Waals surface area contributed by atoms with Crippen molar-refractivity contribution in [3.63, 3.8) is 0 Å². The van der Waals surface area contributed by atoms with E-state index in [1.165, 1.54) is 12.1 Å². The van der Waals surface area contributed by atoms with Gasteiger partial charge < -0.3 is 15.0 Å². The van der Waals surface area contributed by atoms with Crippen molar-refractivity contribution >= 4 is 5.95 Å². The summed E-state index contributed by atoms with van der Waals surface area (Å²) in [5, 5.41) is 3.29. The van der Waals surface area contributed by atoms with Gasteiger partial charge >= 0.3 is 0 Å². The Labute approximate surface area is 139 Å². The molecule has 0 aliphatic carbocycles. The largest absolute Gasteiger partial charge is 0.468 e. The van der Waals surface area contributed by atoms with Crippen molar-refractivity contribution in [1.82, 2.24) is 15.3 Å². The molecule has 1 N–H and O–H groups in total. The molecule has 1 fully saturated rings. The first-order valence-electron chi connectivity index (χ1n) is 8.04. The van der Waals surface area contributed by atoms with Gasteiger partial charge in [-0.15, -0.1) is 0 Å². The summed E-state index contributed by atoms with van der Waals surface area (Å²) in [6.07, 6.45) is 1.56. The number of halogens is 2. The van der Waals surface area contributed by atoms with Gasteiger partial charge in [-0.25, -0.2) is 9.37 Å². The van der Waals surface area contributed by atoms with Crippen LogP contribution in [-0.4, -0.2) is 36.1 Å². The van der Waals surface area contributed by atoms with E-state index in [1.54, 1.807) is 19.1 Å². The Morgan fingerprint density at radius 1 is 1.25 bits per heavy atom. The number of ether oxygens (including phenoxy) is 1. The van der Waals surface area contributed by atoms with Crippen LogP contribution in [0.3, 0.4) is 0 Å². The first kappa shape index (κ1) is 16.6. The van der Waals surface area contributed by atoms with Gasteiger partial charge in [0.05, 0.1) is 6.20 Å². The van der Waals surface area contributed by atoms with Crippen LogP contribution in [0.1, 0.15) is 25.0 Å². The molecule has 1 aromatic carbocycles. The Hall–Kier alpha value is -2.28. The highest BCUT2D eigenvalue weighted by molar-refractivity contribution is 5.33. The van der Waals surface area contributed by atoms with Crippen LogP contribution in [0.25, 0.3) is 0 Å². The van der Waals surface area contributed by atoms with E-state index in [1.807, 2.05) is 4.90 Å². The highest BCUT2D eigenvalue weighted by Crippen LogP contribution is 2.24. The average Bonchev–Trinajstić information content (AvgIpc) is 2.86. The molecule has 0 unspecified atom stereocenters. The smallest absolute Gasteiger partial charge is 0.255 e. The molecule has 5 nitrogen and oxygen atoms in total. The Morgan fingerprint density at radius 2 is 2.12 bits per heavy atom. The Kier molecular flexibility index (Phi) is 5.20. The van der Waals surface area contributed by atoms with E-state index in [9.17, 15) is 8.78 Å². The monoisotopic (exact) mass is 334 g/mol. The van der Waals surface area contributed by atoms with Gasteiger partial charge in [0.15, 0.2) is 0 Å². The van der Waals surface area contributed by atoms with Crippen LogP contribution in [0, 0.1) is 11.6 Å². The maximum absolute atomic E-state index is 14.0. The minimum absolute atomic E-state index is 0.117. The standard InChI is InChI=1S/C17H20F2N4O/c1-12(13-4-2-5-14(18)10-13)24-16-15(19)11-21-17(22-16)23-8-3-6-20-7-9-23/h2,4-5,10-12,20H,3,6-9H2,1H3/t12-/m1/s1. The van der Waals surface area contributed by atoms with Gasteiger partial charge in [-0.2, -0.15) is 9.37 Å². The number of anilines is 1. The molecule has 3 rings (SSSR count). The second kappa shape index (κ2) is 7.53. The summed E-state index contributed by atoms with van der Waals surface area (Å²) >= 11 is 0. The number of nitrogens with zero attached hydrogens (tertiary/aromatic N) is 3. The molecule has 1 aromatic heterocycles. The lowest BCUT2D eigenvalue weighted by Crippen LogP contribution is -2.29. The molecular formula is C17H20F2N4O. The highest BCUT2D eigenvalue weighted by Gasteiger charge is 2.18. The molecule has 2 heterocycles. The third-order valence-corrected chi connectivity index (χ3v) is 3.93. The zero-order valence-electron chi connectivity index (χ0n) is 13.5. The van der Waals surface area contributed by atoms with Gasteiger partial charge in [0.2, 0.25) is 11.8 Å². The SMILES string of the molecule is C[C@@H](Oc1nc(N2CCCNCC2)ncc1F)c1cccc(F)c1. The topological polar surface area (TPSA) is 50.3 Å². The van der Waals surface area contributed by atoms with E-state index < -0.39 is 11.9 Å². The number of hydrogen-bond donors (Lipinski definition) is 1. The van der Waals surface area contributed by atoms with Crippen LogP contribution in [-0.2, 0) is 0 Å². The molecule has 0 radical (unpaired) electrons. The fourth-order valence-electron chi connectivity index (χ4n) is 2.62. The lowest BCUT2D eigenvalue weighted by molar-refractivity contribution is 0.205. The quantitative estimate of drug-likeness (QED) is 0.932. The Morgan fingerprint density at radius 3 is 2.96 bits per heavy atom. The van der Waals surface area contributed by atoms with Crippen molar-refractivity contribution in [3.8, 4) is 5.88 Å². The van der Waals surface area contributed by atoms with E-state index in [0.29, 0.717) is 11.5 Å². The van der Waals surface area contributed by atoms with Crippen LogP contribution in [0.5, 0.6) is 5.88 Å². The van der Waals surface area contributed by atoms with E-state index in [0.717, 1.165) is 38.8 Å². The van der Waals surface area contributed by atoms with Crippen LogP contribution >= 0.6 is 0 Å². The summed E-state index contributed by atoms with van der Waals surface area (Å²) in [6.45, 7) is 5.06. The van der Waals surface area contributed by atoms with Gasteiger partial charge in [-0.1, -0.05) is 12.1 Å². The fraction of sp³-hybridized carbons (Fsp3) is 0.412. The lowest BCUT2D eigenvalue weighted by Gasteiger charge is -2.21. The third-order valence-electron chi connectivity index (χ3n) is 3.93. The van der Waals surface area contributed by atoms with Crippen LogP contribution in [0.15, 0.2) is 30.5 Å². The number of aromatic nitrogens is 2. The molecule has 24 heavy (non-hydrogen) atoms. The van der Waals surface area contributed by atoms with Crippen LogP contribution < -0.4 is 15.0 Å². The predicted octanol–water partition coefficient (Wildman–Crippen LogP) is 2.69. The summed E-state index contributed by atoms with van der Waals surface area (Å²) in [7, 11) is 0. The summed E-state index contributed by atoms with van der Waals surface area (Å²) in [6, 6.07) is 6.04. The Balaban J connectivity index is 1.78. The molecule has 0 amide bonds. The molecule has 0 saturated carbocycles. The molecule has 7 heteroatoms. The number of nitrogens with one attached hydrogen (secondary N) is 1. The van der Waals surface area contributed by atoms with Crippen molar-refractivity contribution < 1.29 is 13.5 Å². The maximum atomic E-state index is 14.0. The van der Waals surface area contributed by atoms with Crippen molar-refractivity contribution in [1.29, 1.82) is 0 Å². The minimum atomic E-state index is -0.630. The molecule has 128 valence electrons. The molecule has 1 saturated heterocycles. The predicted molar refractivity (Wildman–Crippen MR) is 87.1 cm³/mol. The van der Waals surface area contributed by atoms with E-state index in [2.05, 4.69) is 15.3 Å². The Bertz CT molecular complexity index is 690. The zero-order valence-corrected chi connectivity index (χ0v) is 13.5. The van der Waals surface area contributed by atoms with Crippen LogP contribution in [0.2, 0.25) is 0 Å². The number of hydrogen-bond acceptors (Lipinski definition) is 5. The van der Waals surface area contributed by atoms with E-state index in [4.69, 9.17) is 4.74 Å².